The normalized spacial score (nSPS) is 25.6. The zero-order chi connectivity index (χ0) is 22.5. The van der Waals surface area contributed by atoms with E-state index in [9.17, 15) is 4.79 Å². The number of rotatable bonds is 7. The maximum Gasteiger partial charge on any atom is 0.250 e. The number of aromatic nitrogens is 2. The number of ether oxygens (including phenoxy) is 1. The fraction of sp³-hybridized carbons (Fsp3) is 0.462. The van der Waals surface area contributed by atoms with Gasteiger partial charge in [0.05, 0.1) is 17.4 Å². The number of nitrogens with one attached hydrogen (secondary N) is 1. The van der Waals surface area contributed by atoms with E-state index in [2.05, 4.69) is 48.5 Å². The fourth-order valence-corrected chi connectivity index (χ4v) is 6.03. The van der Waals surface area contributed by atoms with Gasteiger partial charge in [-0.15, -0.1) is 0 Å². The predicted molar refractivity (Wildman–Crippen MR) is 126 cm³/mol. The van der Waals surface area contributed by atoms with Crippen molar-refractivity contribution in [2.75, 3.05) is 20.2 Å². The highest BCUT2D eigenvalue weighted by Crippen LogP contribution is 2.70. The van der Waals surface area contributed by atoms with E-state index in [1.54, 1.807) is 6.07 Å². The molecule has 6 nitrogen and oxygen atoms in total. The van der Waals surface area contributed by atoms with Gasteiger partial charge in [0.1, 0.15) is 5.52 Å². The molecule has 168 valence electrons. The van der Waals surface area contributed by atoms with E-state index in [-0.39, 0.29) is 16.9 Å². The maximum atomic E-state index is 11.8. The summed E-state index contributed by atoms with van der Waals surface area (Å²) in [7, 11) is 1.87. The van der Waals surface area contributed by atoms with E-state index < -0.39 is 5.91 Å². The number of piperidine rings is 1. The van der Waals surface area contributed by atoms with Crippen molar-refractivity contribution in [2.45, 2.75) is 44.6 Å². The van der Waals surface area contributed by atoms with Crippen LogP contribution in [0, 0.1) is 11.3 Å². The van der Waals surface area contributed by atoms with E-state index in [0.29, 0.717) is 17.0 Å². The van der Waals surface area contributed by atoms with Crippen molar-refractivity contribution < 1.29 is 9.53 Å². The predicted octanol–water partition coefficient (Wildman–Crippen LogP) is 3.81. The van der Waals surface area contributed by atoms with Gasteiger partial charge in [0.2, 0.25) is 0 Å². The maximum absolute atomic E-state index is 11.8. The van der Waals surface area contributed by atoms with E-state index in [4.69, 9.17) is 10.5 Å². The van der Waals surface area contributed by atoms with Gasteiger partial charge in [-0.3, -0.25) is 4.79 Å². The van der Waals surface area contributed by atoms with Gasteiger partial charge in [0, 0.05) is 36.1 Å². The molecule has 3 aromatic rings. The Morgan fingerprint density at radius 2 is 2.03 bits per heavy atom. The Hall–Kier alpha value is -2.70. The van der Waals surface area contributed by atoms with E-state index in [1.807, 2.05) is 30.1 Å². The summed E-state index contributed by atoms with van der Waals surface area (Å²) in [6.45, 7) is 6.60. The number of methoxy groups -OCH3 is 1. The molecular formula is C26H32N4O2. The second-order valence-electron chi connectivity index (χ2n) is 9.92. The highest BCUT2D eigenvalue weighted by Gasteiger charge is 2.71. The summed E-state index contributed by atoms with van der Waals surface area (Å²) in [5.41, 5.74) is 9.33. The summed E-state index contributed by atoms with van der Waals surface area (Å²) in [5, 5.41) is 9.18. The molecule has 3 unspecified atom stereocenters. The van der Waals surface area contributed by atoms with Crippen LogP contribution in [0.25, 0.3) is 16.6 Å². The standard InChI is InChI=1S/C26H32N4O2/c1-17(2)13-22(32-3)26-15-25(26,11-12-28-16-26)19-7-9-20(10-8-19)30-14-18-5-4-6-21(24(27)31)23(18)29-30/h4-10,14,17,22,28H,11-13,15-16H2,1-3H3,(H2,27,31). The van der Waals surface area contributed by atoms with Gasteiger partial charge in [-0.05, 0) is 55.5 Å². The summed E-state index contributed by atoms with van der Waals surface area (Å²) in [6, 6.07) is 14.3. The average molecular weight is 433 g/mol. The molecule has 0 radical (unpaired) electrons. The Morgan fingerprint density at radius 3 is 2.72 bits per heavy atom. The molecule has 1 saturated heterocycles. The Morgan fingerprint density at radius 1 is 1.25 bits per heavy atom. The molecule has 0 spiro atoms. The summed E-state index contributed by atoms with van der Waals surface area (Å²) in [5.74, 6) is 0.150. The number of hydrogen-bond acceptors (Lipinski definition) is 4. The highest BCUT2D eigenvalue weighted by molar-refractivity contribution is 6.04. The van der Waals surface area contributed by atoms with Crippen LogP contribution in [0.5, 0.6) is 0 Å². The van der Waals surface area contributed by atoms with Gasteiger partial charge in [0.15, 0.2) is 0 Å². The zero-order valence-corrected chi connectivity index (χ0v) is 19.1. The first kappa shape index (κ1) is 21.2. The second-order valence-corrected chi connectivity index (χ2v) is 9.92. The van der Waals surface area contributed by atoms with Crippen LogP contribution >= 0.6 is 0 Å². The molecule has 3 N–H and O–H groups in total. The van der Waals surface area contributed by atoms with Gasteiger partial charge in [-0.1, -0.05) is 38.1 Å². The molecule has 1 aliphatic carbocycles. The van der Waals surface area contributed by atoms with Crippen LogP contribution in [-0.2, 0) is 10.2 Å². The van der Waals surface area contributed by atoms with Crippen LogP contribution in [0.1, 0.15) is 49.0 Å². The topological polar surface area (TPSA) is 82.2 Å². The zero-order valence-electron chi connectivity index (χ0n) is 19.1. The molecule has 2 fully saturated rings. The van der Waals surface area contributed by atoms with Crippen molar-refractivity contribution in [3.63, 3.8) is 0 Å². The van der Waals surface area contributed by atoms with Crippen LogP contribution in [0.2, 0.25) is 0 Å². The number of fused-ring (bicyclic) bond motifs is 2. The van der Waals surface area contributed by atoms with Crippen molar-refractivity contribution >= 4 is 16.8 Å². The first-order valence-electron chi connectivity index (χ1n) is 11.5. The Kier molecular flexibility index (Phi) is 5.10. The lowest BCUT2D eigenvalue weighted by atomic mass is 9.76. The van der Waals surface area contributed by atoms with E-state index in [1.165, 1.54) is 12.0 Å². The minimum atomic E-state index is -0.458. The van der Waals surface area contributed by atoms with Gasteiger partial charge in [0.25, 0.3) is 5.91 Å². The summed E-state index contributed by atoms with van der Waals surface area (Å²) >= 11 is 0. The second kappa shape index (κ2) is 7.71. The Bertz CT molecular complexity index is 1150. The highest BCUT2D eigenvalue weighted by atomic mass is 16.5. The lowest BCUT2D eigenvalue weighted by Crippen LogP contribution is -2.45. The number of benzene rings is 2. The molecule has 3 atom stereocenters. The van der Waals surface area contributed by atoms with Gasteiger partial charge < -0.3 is 15.8 Å². The van der Waals surface area contributed by atoms with Crippen molar-refractivity contribution in [3.05, 3.63) is 59.8 Å². The lowest BCUT2D eigenvalue weighted by molar-refractivity contribution is 0.00725. The molecule has 5 rings (SSSR count). The van der Waals surface area contributed by atoms with Crippen molar-refractivity contribution in [2.24, 2.45) is 17.1 Å². The van der Waals surface area contributed by atoms with Crippen LogP contribution < -0.4 is 11.1 Å². The number of amides is 1. The monoisotopic (exact) mass is 432 g/mol. The molecule has 2 aromatic carbocycles. The third-order valence-corrected chi connectivity index (χ3v) is 7.69. The van der Waals surface area contributed by atoms with Crippen molar-refractivity contribution in [1.29, 1.82) is 0 Å². The summed E-state index contributed by atoms with van der Waals surface area (Å²) in [4.78, 5) is 11.8. The molecule has 1 amide bonds. The number of nitrogens with zero attached hydrogens (tertiary/aromatic N) is 2. The number of carbonyl (C=O) groups excluding carboxylic acids is 1. The van der Waals surface area contributed by atoms with Crippen LogP contribution in [0.4, 0.5) is 0 Å². The van der Waals surface area contributed by atoms with E-state index >= 15 is 0 Å². The minimum absolute atomic E-state index is 0.169. The number of carbonyl (C=O) groups is 1. The van der Waals surface area contributed by atoms with E-state index in [0.717, 1.165) is 37.0 Å². The largest absolute Gasteiger partial charge is 0.381 e. The molecule has 6 heteroatoms. The lowest BCUT2D eigenvalue weighted by Gasteiger charge is -2.37. The van der Waals surface area contributed by atoms with Crippen LogP contribution in [0.3, 0.4) is 0 Å². The summed E-state index contributed by atoms with van der Waals surface area (Å²) < 4.78 is 7.89. The first-order chi connectivity index (χ1) is 15.4. The molecule has 1 aromatic heterocycles. The van der Waals surface area contributed by atoms with Crippen molar-refractivity contribution in [1.82, 2.24) is 15.1 Å². The van der Waals surface area contributed by atoms with Gasteiger partial charge >= 0.3 is 0 Å². The van der Waals surface area contributed by atoms with Crippen LogP contribution in [-0.4, -0.2) is 42.0 Å². The smallest absolute Gasteiger partial charge is 0.250 e. The third kappa shape index (κ3) is 3.16. The minimum Gasteiger partial charge on any atom is -0.381 e. The molecule has 0 bridgehead atoms. The van der Waals surface area contributed by atoms with Gasteiger partial charge in [-0.25, -0.2) is 4.68 Å². The first-order valence-corrected chi connectivity index (χ1v) is 11.5. The Labute approximate surface area is 189 Å². The molecule has 2 aliphatic rings. The van der Waals surface area contributed by atoms with Gasteiger partial charge in [-0.2, -0.15) is 5.10 Å². The SMILES string of the molecule is COC(CC(C)C)C12CNCCC1(c1ccc(-n3cc4cccc(C(N)=O)c4n3)cc1)C2. The number of nitrogens with two attached hydrogens (primary N) is 1. The third-order valence-electron chi connectivity index (χ3n) is 7.69. The molecule has 2 heterocycles. The number of hydrogen-bond donors (Lipinski definition) is 2. The molecular weight excluding hydrogens is 400 g/mol. The van der Waals surface area contributed by atoms with Crippen LogP contribution in [0.15, 0.2) is 48.7 Å². The summed E-state index contributed by atoms with van der Waals surface area (Å²) in [6.07, 6.45) is 5.60. The average Bonchev–Trinajstić information content (AvgIpc) is 3.31. The molecule has 1 aliphatic heterocycles. The number of primary amides is 1. The van der Waals surface area contributed by atoms with Crippen molar-refractivity contribution in [3.8, 4) is 5.69 Å². The Balaban J connectivity index is 1.47. The fourth-order valence-electron chi connectivity index (χ4n) is 6.03. The molecule has 32 heavy (non-hydrogen) atoms. The molecule has 1 saturated carbocycles. The quantitative estimate of drug-likeness (QED) is 0.595.